The van der Waals surface area contributed by atoms with Crippen LogP contribution in [0.1, 0.15) is 27.9 Å². The van der Waals surface area contributed by atoms with Gasteiger partial charge < -0.3 is 20.4 Å². The summed E-state index contributed by atoms with van der Waals surface area (Å²) in [5.41, 5.74) is 2.44. The van der Waals surface area contributed by atoms with E-state index in [1.807, 2.05) is 30.3 Å². The molecule has 1 aliphatic heterocycles. The Morgan fingerprint density at radius 3 is 2.52 bits per heavy atom. The largest absolute Gasteiger partial charge is 0.481 e. The van der Waals surface area contributed by atoms with Crippen LogP contribution in [-0.2, 0) is 22.6 Å². The van der Waals surface area contributed by atoms with Gasteiger partial charge >= 0.3 is 11.9 Å². The number of carbonyl (C=O) groups is 3. The average Bonchev–Trinajstić information content (AvgIpc) is 2.77. The zero-order chi connectivity index (χ0) is 19.4. The summed E-state index contributed by atoms with van der Waals surface area (Å²) in [6.45, 7) is 0.641. The summed E-state index contributed by atoms with van der Waals surface area (Å²) in [5, 5.41) is 21.3. The minimum atomic E-state index is -1.07. The summed E-state index contributed by atoms with van der Waals surface area (Å²) in [5.74, 6) is -2.43. The molecule has 0 saturated carbocycles. The van der Waals surface area contributed by atoms with Gasteiger partial charge in [0.1, 0.15) is 6.04 Å². The number of nitrogens with one attached hydrogen (secondary N) is 1. The number of aliphatic carboxylic acids is 1. The zero-order valence-electron chi connectivity index (χ0n) is 14.6. The van der Waals surface area contributed by atoms with E-state index in [4.69, 9.17) is 5.11 Å². The molecule has 0 fully saturated rings. The van der Waals surface area contributed by atoms with Crippen molar-refractivity contribution in [3.63, 3.8) is 0 Å². The van der Waals surface area contributed by atoms with Gasteiger partial charge in [0.25, 0.3) is 0 Å². The predicted molar refractivity (Wildman–Crippen MR) is 98.6 cm³/mol. The van der Waals surface area contributed by atoms with Gasteiger partial charge in [-0.25, -0.2) is 4.79 Å². The number of benzene rings is 2. The molecule has 1 atom stereocenters. The van der Waals surface area contributed by atoms with Crippen molar-refractivity contribution in [1.29, 1.82) is 0 Å². The second-order valence-corrected chi connectivity index (χ2v) is 6.47. The van der Waals surface area contributed by atoms with E-state index in [0.717, 1.165) is 5.56 Å². The van der Waals surface area contributed by atoms with Crippen LogP contribution in [0.2, 0.25) is 0 Å². The van der Waals surface area contributed by atoms with E-state index in [-0.39, 0.29) is 24.4 Å². The summed E-state index contributed by atoms with van der Waals surface area (Å²) in [6.07, 6.45) is 0.279. The summed E-state index contributed by atoms with van der Waals surface area (Å²) in [6, 6.07) is 13.3. The van der Waals surface area contributed by atoms with Crippen molar-refractivity contribution >= 4 is 23.5 Å². The Morgan fingerprint density at radius 1 is 1.11 bits per heavy atom. The number of hydrogen-bond donors (Lipinski definition) is 3. The number of amides is 1. The van der Waals surface area contributed by atoms with Gasteiger partial charge in [-0.3, -0.25) is 9.59 Å². The number of aromatic carboxylic acids is 1. The first-order valence-corrected chi connectivity index (χ1v) is 8.61. The molecular formula is C20H20N2O5. The lowest BCUT2D eigenvalue weighted by molar-refractivity contribution is -0.141. The Hall–Kier alpha value is -3.35. The highest BCUT2D eigenvalue weighted by Crippen LogP contribution is 2.25. The maximum Gasteiger partial charge on any atom is 0.335 e. The molecule has 7 heteroatoms. The molecule has 3 rings (SSSR count). The van der Waals surface area contributed by atoms with Gasteiger partial charge in [0.2, 0.25) is 5.91 Å². The van der Waals surface area contributed by atoms with Crippen molar-refractivity contribution in [2.24, 2.45) is 0 Å². The lowest BCUT2D eigenvalue weighted by atomic mass is 10.1. The van der Waals surface area contributed by atoms with Crippen molar-refractivity contribution in [1.82, 2.24) is 4.90 Å². The van der Waals surface area contributed by atoms with E-state index in [0.29, 0.717) is 24.2 Å². The van der Waals surface area contributed by atoms with Gasteiger partial charge in [0.05, 0.1) is 12.0 Å². The van der Waals surface area contributed by atoms with Crippen LogP contribution in [0.15, 0.2) is 48.5 Å². The van der Waals surface area contributed by atoms with Crippen LogP contribution in [0.25, 0.3) is 0 Å². The number of carbonyl (C=O) groups excluding carboxylic acids is 1. The summed E-state index contributed by atoms with van der Waals surface area (Å²) >= 11 is 0. The molecule has 1 amide bonds. The molecule has 0 bridgehead atoms. The SMILES string of the molecule is O=C(O)CC1Nc2ccc(C(=O)O)cc2CN(CCc2ccccc2)C1=O. The van der Waals surface area contributed by atoms with Crippen LogP contribution in [0.4, 0.5) is 5.69 Å². The fourth-order valence-corrected chi connectivity index (χ4v) is 3.16. The van der Waals surface area contributed by atoms with Gasteiger partial charge in [-0.1, -0.05) is 30.3 Å². The van der Waals surface area contributed by atoms with E-state index in [1.165, 1.54) is 12.1 Å². The first-order chi connectivity index (χ1) is 12.9. The number of anilines is 1. The van der Waals surface area contributed by atoms with Gasteiger partial charge in [-0.15, -0.1) is 0 Å². The molecule has 0 radical (unpaired) electrons. The second kappa shape index (κ2) is 7.90. The standard InChI is InChI=1S/C20H20N2O5/c23-18(24)11-17-19(25)22(9-8-13-4-2-1-3-5-13)12-15-10-14(20(26)27)6-7-16(15)21-17/h1-7,10,17,21H,8-9,11-12H2,(H,23,24)(H,26,27). The van der Waals surface area contributed by atoms with E-state index in [9.17, 15) is 19.5 Å². The molecule has 3 N–H and O–H groups in total. The van der Waals surface area contributed by atoms with Crippen molar-refractivity contribution in [2.45, 2.75) is 25.4 Å². The molecule has 1 unspecified atom stereocenters. The van der Waals surface area contributed by atoms with Crippen LogP contribution in [-0.4, -0.2) is 45.5 Å². The molecule has 140 valence electrons. The molecule has 2 aromatic carbocycles. The third-order valence-electron chi connectivity index (χ3n) is 4.54. The van der Waals surface area contributed by atoms with Gasteiger partial charge in [0, 0.05) is 18.8 Å². The highest BCUT2D eigenvalue weighted by atomic mass is 16.4. The Labute approximate surface area is 156 Å². The van der Waals surface area contributed by atoms with E-state index in [2.05, 4.69) is 5.32 Å². The van der Waals surface area contributed by atoms with Crippen molar-refractivity contribution < 1.29 is 24.6 Å². The third-order valence-corrected chi connectivity index (χ3v) is 4.54. The Kier molecular flexibility index (Phi) is 5.40. The smallest absolute Gasteiger partial charge is 0.335 e. The predicted octanol–water partition coefficient (Wildman–Crippen LogP) is 2.22. The number of rotatable bonds is 6. The zero-order valence-corrected chi connectivity index (χ0v) is 14.6. The first-order valence-electron chi connectivity index (χ1n) is 8.61. The summed E-state index contributed by atoms with van der Waals surface area (Å²) in [4.78, 5) is 36.9. The fourth-order valence-electron chi connectivity index (χ4n) is 3.16. The molecule has 1 heterocycles. The van der Waals surface area contributed by atoms with Crippen molar-refractivity contribution in [2.75, 3.05) is 11.9 Å². The van der Waals surface area contributed by atoms with Crippen LogP contribution < -0.4 is 5.32 Å². The highest BCUT2D eigenvalue weighted by Gasteiger charge is 2.31. The summed E-state index contributed by atoms with van der Waals surface area (Å²) in [7, 11) is 0. The van der Waals surface area contributed by atoms with Crippen LogP contribution in [0.3, 0.4) is 0 Å². The molecular weight excluding hydrogens is 348 g/mol. The maximum atomic E-state index is 12.9. The van der Waals surface area contributed by atoms with Crippen LogP contribution in [0.5, 0.6) is 0 Å². The van der Waals surface area contributed by atoms with E-state index >= 15 is 0 Å². The van der Waals surface area contributed by atoms with Gasteiger partial charge in [-0.05, 0) is 35.7 Å². The minimum Gasteiger partial charge on any atom is -0.481 e. The molecule has 27 heavy (non-hydrogen) atoms. The maximum absolute atomic E-state index is 12.9. The first kappa shape index (κ1) is 18.4. The molecule has 0 spiro atoms. The molecule has 0 aliphatic carbocycles. The van der Waals surface area contributed by atoms with Gasteiger partial charge in [0.15, 0.2) is 0 Å². The van der Waals surface area contributed by atoms with E-state index < -0.39 is 18.0 Å². The molecule has 0 aromatic heterocycles. The fraction of sp³-hybridized carbons (Fsp3) is 0.250. The molecule has 1 aliphatic rings. The van der Waals surface area contributed by atoms with Crippen LogP contribution >= 0.6 is 0 Å². The normalized spacial score (nSPS) is 16.2. The molecule has 2 aromatic rings. The Bertz CT molecular complexity index is 866. The van der Waals surface area contributed by atoms with Crippen molar-refractivity contribution in [3.05, 3.63) is 65.2 Å². The molecule has 0 saturated heterocycles. The van der Waals surface area contributed by atoms with Crippen LogP contribution in [0, 0.1) is 0 Å². The number of hydrogen-bond acceptors (Lipinski definition) is 4. The number of carboxylic acid groups (broad SMARTS) is 2. The monoisotopic (exact) mass is 368 g/mol. The minimum absolute atomic E-state index is 0.127. The average molecular weight is 368 g/mol. The van der Waals surface area contributed by atoms with E-state index in [1.54, 1.807) is 11.0 Å². The molecule has 7 nitrogen and oxygen atoms in total. The number of fused-ring (bicyclic) bond motifs is 1. The van der Waals surface area contributed by atoms with Gasteiger partial charge in [-0.2, -0.15) is 0 Å². The number of nitrogens with zero attached hydrogens (tertiary/aromatic N) is 1. The summed E-state index contributed by atoms with van der Waals surface area (Å²) < 4.78 is 0. The lowest BCUT2D eigenvalue weighted by Gasteiger charge is -2.24. The third kappa shape index (κ3) is 4.44. The quantitative estimate of drug-likeness (QED) is 0.722. The Balaban J connectivity index is 1.88. The second-order valence-electron chi connectivity index (χ2n) is 6.47. The van der Waals surface area contributed by atoms with Crippen molar-refractivity contribution in [3.8, 4) is 0 Å². The Morgan fingerprint density at radius 2 is 1.85 bits per heavy atom. The number of carboxylic acids is 2. The highest BCUT2D eigenvalue weighted by molar-refractivity contribution is 5.92. The lowest BCUT2D eigenvalue weighted by Crippen LogP contribution is -2.42. The topological polar surface area (TPSA) is 107 Å².